The van der Waals surface area contributed by atoms with Crippen LogP contribution in [0.2, 0.25) is 0 Å². The first kappa shape index (κ1) is 9.62. The molecule has 74 valence electrons. The molecule has 0 unspecified atom stereocenters. The number of nitriles is 1. The Hall–Kier alpha value is -1.93. The van der Waals surface area contributed by atoms with Gasteiger partial charge in [-0.2, -0.15) is 5.26 Å². The van der Waals surface area contributed by atoms with E-state index >= 15 is 0 Å². The number of H-pyrrole nitrogens is 2. The van der Waals surface area contributed by atoms with Gasteiger partial charge in [0.2, 0.25) is 0 Å². The van der Waals surface area contributed by atoms with E-state index in [1.165, 1.54) is 0 Å². The van der Waals surface area contributed by atoms with Crippen molar-refractivity contribution in [2.24, 2.45) is 0 Å². The second-order valence-corrected chi connectivity index (χ2v) is 3.65. The lowest BCUT2D eigenvalue weighted by atomic mass is 10.1. The van der Waals surface area contributed by atoms with Crippen LogP contribution in [-0.2, 0) is 0 Å². The van der Waals surface area contributed by atoms with Crippen LogP contribution in [0.25, 0.3) is 16.6 Å². The van der Waals surface area contributed by atoms with Gasteiger partial charge in [0, 0.05) is 5.56 Å². The molecule has 0 saturated carbocycles. The predicted molar refractivity (Wildman–Crippen MR) is 60.7 cm³/mol. The molecule has 2 N–H and O–H groups in total. The van der Waals surface area contributed by atoms with Gasteiger partial charge in [-0.1, -0.05) is 6.58 Å². The Balaban J connectivity index is 2.98. The van der Waals surface area contributed by atoms with Crippen molar-refractivity contribution >= 4 is 28.8 Å². The molecule has 0 saturated heterocycles. The highest BCUT2D eigenvalue weighted by atomic mass is 32.1. The first-order chi connectivity index (χ1) is 7.13. The number of rotatable bonds is 1. The average Bonchev–Trinajstić information content (AvgIpc) is 2.55. The number of nitrogens with zero attached hydrogens (tertiary/aromatic N) is 2. The fourth-order valence-corrected chi connectivity index (χ4v) is 1.72. The van der Waals surface area contributed by atoms with Crippen LogP contribution >= 0.6 is 12.2 Å². The number of hydrogen-bond acceptors (Lipinski definition) is 3. The van der Waals surface area contributed by atoms with Crippen LogP contribution in [0.4, 0.5) is 0 Å². The minimum absolute atomic E-state index is 0.361. The standard InChI is InChI=1S/C10H8N4S/c1-5(2)8-6(3-11)12-4-7-9(8)14-10(15)13-7/h4H,1H2,2H3,(H2,13,14,15). The van der Waals surface area contributed by atoms with Gasteiger partial charge in [-0.15, -0.1) is 0 Å². The van der Waals surface area contributed by atoms with Crippen LogP contribution in [0.1, 0.15) is 18.2 Å². The van der Waals surface area contributed by atoms with Crippen LogP contribution in [0.15, 0.2) is 12.8 Å². The van der Waals surface area contributed by atoms with Crippen molar-refractivity contribution in [3.63, 3.8) is 0 Å². The molecule has 0 amide bonds. The molecule has 0 aromatic carbocycles. The fraction of sp³-hybridized carbons (Fsp3) is 0.100. The zero-order valence-electron chi connectivity index (χ0n) is 8.09. The molecule has 2 aromatic rings. The van der Waals surface area contributed by atoms with E-state index in [1.54, 1.807) is 6.20 Å². The Labute approximate surface area is 91.3 Å². The lowest BCUT2D eigenvalue weighted by Gasteiger charge is -2.02. The van der Waals surface area contributed by atoms with Gasteiger partial charge in [0.05, 0.1) is 17.2 Å². The molecule has 4 nitrogen and oxygen atoms in total. The summed E-state index contributed by atoms with van der Waals surface area (Å²) in [6.07, 6.45) is 1.59. The average molecular weight is 216 g/mol. The van der Waals surface area contributed by atoms with Gasteiger partial charge < -0.3 is 9.97 Å². The molecule has 0 aliphatic heterocycles. The first-order valence-electron chi connectivity index (χ1n) is 4.30. The highest BCUT2D eigenvalue weighted by Crippen LogP contribution is 2.23. The lowest BCUT2D eigenvalue weighted by molar-refractivity contribution is 1.26. The maximum Gasteiger partial charge on any atom is 0.175 e. The van der Waals surface area contributed by atoms with Crippen LogP contribution in [0, 0.1) is 16.1 Å². The fourth-order valence-electron chi connectivity index (χ4n) is 1.50. The molecule has 2 aromatic heterocycles. The number of hydrogen-bond donors (Lipinski definition) is 2. The molecule has 5 heteroatoms. The van der Waals surface area contributed by atoms with E-state index in [1.807, 2.05) is 13.0 Å². The van der Waals surface area contributed by atoms with Gasteiger partial charge in [0.15, 0.2) is 4.77 Å². The van der Waals surface area contributed by atoms with E-state index in [4.69, 9.17) is 17.5 Å². The number of pyridine rings is 1. The van der Waals surface area contributed by atoms with E-state index in [-0.39, 0.29) is 0 Å². The van der Waals surface area contributed by atoms with Crippen molar-refractivity contribution in [2.75, 3.05) is 0 Å². The molecule has 0 fully saturated rings. The van der Waals surface area contributed by atoms with Gasteiger partial charge in [-0.05, 0) is 24.7 Å². The van der Waals surface area contributed by atoms with Gasteiger partial charge >= 0.3 is 0 Å². The van der Waals surface area contributed by atoms with Gasteiger partial charge in [0.1, 0.15) is 11.8 Å². The molecule has 2 heterocycles. The number of imidazole rings is 1. The summed E-state index contributed by atoms with van der Waals surface area (Å²) in [5.74, 6) is 0. The molecule has 2 rings (SSSR count). The van der Waals surface area contributed by atoms with E-state index in [0.29, 0.717) is 10.5 Å². The molecule has 0 radical (unpaired) electrons. The monoisotopic (exact) mass is 216 g/mol. The number of allylic oxidation sites excluding steroid dienone is 1. The topological polar surface area (TPSA) is 68.3 Å². The second-order valence-electron chi connectivity index (χ2n) is 3.24. The summed E-state index contributed by atoms with van der Waals surface area (Å²) in [6.45, 7) is 5.67. The first-order valence-corrected chi connectivity index (χ1v) is 4.71. The van der Waals surface area contributed by atoms with E-state index in [0.717, 1.165) is 22.2 Å². The largest absolute Gasteiger partial charge is 0.330 e. The molecule has 0 spiro atoms. The molecular weight excluding hydrogens is 208 g/mol. The Morgan fingerprint density at radius 3 is 2.93 bits per heavy atom. The van der Waals surface area contributed by atoms with E-state index < -0.39 is 0 Å². The van der Waals surface area contributed by atoms with Gasteiger partial charge in [0.25, 0.3) is 0 Å². The highest BCUT2D eigenvalue weighted by molar-refractivity contribution is 7.71. The Morgan fingerprint density at radius 1 is 1.60 bits per heavy atom. The maximum atomic E-state index is 8.93. The Morgan fingerprint density at radius 2 is 2.33 bits per heavy atom. The van der Waals surface area contributed by atoms with Crippen LogP contribution in [0.5, 0.6) is 0 Å². The summed E-state index contributed by atoms with van der Waals surface area (Å²) >= 11 is 4.99. The Bertz CT molecular complexity index is 641. The zero-order valence-corrected chi connectivity index (χ0v) is 8.90. The van der Waals surface area contributed by atoms with Crippen LogP contribution < -0.4 is 0 Å². The predicted octanol–water partition coefficient (Wildman–Crippen LogP) is 2.53. The Kier molecular flexibility index (Phi) is 2.14. The lowest BCUT2D eigenvalue weighted by Crippen LogP contribution is -1.92. The smallest absolute Gasteiger partial charge is 0.175 e. The van der Waals surface area contributed by atoms with Gasteiger partial charge in [-0.3, -0.25) is 0 Å². The van der Waals surface area contributed by atoms with E-state index in [2.05, 4.69) is 21.5 Å². The molecule has 0 aliphatic rings. The summed E-state index contributed by atoms with van der Waals surface area (Å²) in [5.41, 5.74) is 3.45. The van der Waals surface area contributed by atoms with Crippen molar-refractivity contribution in [1.82, 2.24) is 15.0 Å². The SMILES string of the molecule is C=C(C)c1c(C#N)ncc2[nH]c(=S)[nH]c12. The number of aromatic amines is 2. The van der Waals surface area contributed by atoms with Crippen LogP contribution in [0.3, 0.4) is 0 Å². The summed E-state index contributed by atoms with van der Waals surface area (Å²) in [6, 6.07) is 2.04. The van der Waals surface area contributed by atoms with Crippen molar-refractivity contribution in [2.45, 2.75) is 6.92 Å². The third kappa shape index (κ3) is 1.45. The third-order valence-electron chi connectivity index (χ3n) is 2.10. The number of nitrogens with one attached hydrogen (secondary N) is 2. The zero-order chi connectivity index (χ0) is 11.0. The molecule has 0 bridgehead atoms. The minimum atomic E-state index is 0.361. The number of aromatic nitrogens is 3. The van der Waals surface area contributed by atoms with Crippen molar-refractivity contribution in [1.29, 1.82) is 5.26 Å². The summed E-state index contributed by atoms with van der Waals surface area (Å²) in [5, 5.41) is 8.93. The van der Waals surface area contributed by atoms with Crippen molar-refractivity contribution in [3.05, 3.63) is 28.8 Å². The van der Waals surface area contributed by atoms with Crippen LogP contribution in [-0.4, -0.2) is 15.0 Å². The quantitative estimate of drug-likeness (QED) is 0.720. The summed E-state index contributed by atoms with van der Waals surface area (Å²) in [7, 11) is 0. The molecule has 0 atom stereocenters. The molecular formula is C10H8N4S. The van der Waals surface area contributed by atoms with Gasteiger partial charge in [-0.25, -0.2) is 4.98 Å². The molecule has 0 aliphatic carbocycles. The summed E-state index contributed by atoms with van der Waals surface area (Å²) < 4.78 is 0.518. The number of fused-ring (bicyclic) bond motifs is 1. The highest BCUT2D eigenvalue weighted by Gasteiger charge is 2.10. The second kappa shape index (κ2) is 3.33. The molecule has 15 heavy (non-hydrogen) atoms. The maximum absolute atomic E-state index is 8.93. The third-order valence-corrected chi connectivity index (χ3v) is 2.30. The van der Waals surface area contributed by atoms with Crippen molar-refractivity contribution in [3.8, 4) is 6.07 Å². The minimum Gasteiger partial charge on any atom is -0.330 e. The summed E-state index contributed by atoms with van der Waals surface area (Å²) in [4.78, 5) is 9.98. The van der Waals surface area contributed by atoms with E-state index in [9.17, 15) is 0 Å². The van der Waals surface area contributed by atoms with Crippen molar-refractivity contribution < 1.29 is 0 Å². The normalized spacial score (nSPS) is 10.1.